The van der Waals surface area contributed by atoms with Gasteiger partial charge in [0.1, 0.15) is 22.7 Å². The molecule has 2 aliphatic rings. The number of ether oxygens (including phenoxy) is 2. The van der Waals surface area contributed by atoms with E-state index >= 15 is 0 Å². The van der Waals surface area contributed by atoms with Crippen molar-refractivity contribution in [2.45, 2.75) is 51.4 Å². The predicted octanol–water partition coefficient (Wildman–Crippen LogP) is 4.09. The van der Waals surface area contributed by atoms with E-state index in [1.54, 1.807) is 12.3 Å². The van der Waals surface area contributed by atoms with Crippen LogP contribution in [0.2, 0.25) is 5.02 Å². The Balaban J connectivity index is 1.42. The van der Waals surface area contributed by atoms with Crippen LogP contribution in [0.3, 0.4) is 0 Å². The van der Waals surface area contributed by atoms with Crippen molar-refractivity contribution >= 4 is 17.3 Å². The number of anilines is 1. The molecular formula is C21H25ClFN3O3. The maximum absolute atomic E-state index is 13.5. The molecule has 156 valence electrons. The molecule has 1 atom stereocenters. The third kappa shape index (κ3) is 4.41. The number of hydrogen-bond acceptors (Lipinski definition) is 5. The zero-order chi connectivity index (χ0) is 20.4. The minimum absolute atomic E-state index is 0.00510. The first kappa shape index (κ1) is 20.2. The van der Waals surface area contributed by atoms with Crippen molar-refractivity contribution < 1.29 is 13.9 Å². The molecule has 6 nitrogen and oxygen atoms in total. The highest BCUT2D eigenvalue weighted by molar-refractivity contribution is 6.33. The summed E-state index contributed by atoms with van der Waals surface area (Å²) in [6.07, 6.45) is 5.60. The lowest BCUT2D eigenvalue weighted by Crippen LogP contribution is -2.40. The second kappa shape index (κ2) is 8.71. The van der Waals surface area contributed by atoms with Crippen molar-refractivity contribution in [3.63, 3.8) is 0 Å². The molecular weight excluding hydrogens is 397 g/mol. The van der Waals surface area contributed by atoms with Gasteiger partial charge >= 0.3 is 0 Å². The first-order chi connectivity index (χ1) is 14.0. The van der Waals surface area contributed by atoms with Crippen molar-refractivity contribution in [2.24, 2.45) is 0 Å². The summed E-state index contributed by atoms with van der Waals surface area (Å²) in [4.78, 5) is 14.8. The minimum Gasteiger partial charge on any atom is -0.490 e. The van der Waals surface area contributed by atoms with Crippen molar-refractivity contribution in [3.8, 4) is 5.75 Å². The van der Waals surface area contributed by atoms with E-state index in [-0.39, 0.29) is 28.7 Å². The topological polar surface area (TPSA) is 56.6 Å². The van der Waals surface area contributed by atoms with E-state index in [4.69, 9.17) is 21.1 Å². The highest BCUT2D eigenvalue weighted by Gasteiger charge is 2.26. The van der Waals surface area contributed by atoms with Gasteiger partial charge in [-0.05, 0) is 37.8 Å². The van der Waals surface area contributed by atoms with Gasteiger partial charge in [0, 0.05) is 38.6 Å². The Kier molecular flexibility index (Phi) is 6.06. The molecule has 8 heteroatoms. The third-order valence-corrected chi connectivity index (χ3v) is 5.94. The highest BCUT2D eigenvalue weighted by atomic mass is 35.5. The average Bonchev–Trinajstić information content (AvgIpc) is 2.74. The van der Waals surface area contributed by atoms with Crippen LogP contribution in [0.15, 0.2) is 29.2 Å². The standard InChI is InChI=1S/C21H25ClFN3O3/c1-14-5-6-15(23)12-18(14)29-16-7-9-25(10-8-16)17-13-24-26(21(27)20(17)22)19-4-2-3-11-28-19/h5-6,12-13,16,19H,2-4,7-11H2,1H3. The lowest BCUT2D eigenvalue weighted by atomic mass is 10.1. The minimum atomic E-state index is -0.337. The Morgan fingerprint density at radius 3 is 2.76 bits per heavy atom. The molecule has 2 aromatic rings. The summed E-state index contributed by atoms with van der Waals surface area (Å²) in [5.41, 5.74) is 1.24. The van der Waals surface area contributed by atoms with Crippen molar-refractivity contribution in [2.75, 3.05) is 24.6 Å². The fourth-order valence-electron chi connectivity index (χ4n) is 3.87. The van der Waals surface area contributed by atoms with Gasteiger partial charge in [0.25, 0.3) is 5.56 Å². The van der Waals surface area contributed by atoms with Crippen LogP contribution in [-0.2, 0) is 4.74 Å². The molecule has 1 unspecified atom stereocenters. The fraction of sp³-hybridized carbons (Fsp3) is 0.524. The second-order valence-corrected chi connectivity index (χ2v) is 8.01. The van der Waals surface area contributed by atoms with E-state index in [2.05, 4.69) is 10.00 Å². The molecule has 0 aliphatic carbocycles. The predicted molar refractivity (Wildman–Crippen MR) is 109 cm³/mol. The summed E-state index contributed by atoms with van der Waals surface area (Å²) in [7, 11) is 0. The number of benzene rings is 1. The quantitative estimate of drug-likeness (QED) is 0.744. The van der Waals surface area contributed by atoms with Gasteiger partial charge in [0.15, 0.2) is 6.23 Å². The van der Waals surface area contributed by atoms with Crippen LogP contribution in [0.4, 0.5) is 10.1 Å². The van der Waals surface area contributed by atoms with Crippen LogP contribution in [-0.4, -0.2) is 35.6 Å². The zero-order valence-electron chi connectivity index (χ0n) is 16.4. The number of hydrogen-bond donors (Lipinski definition) is 0. The van der Waals surface area contributed by atoms with Crippen molar-refractivity contribution in [1.82, 2.24) is 9.78 Å². The first-order valence-corrected chi connectivity index (χ1v) is 10.5. The Morgan fingerprint density at radius 2 is 2.03 bits per heavy atom. The summed E-state index contributed by atoms with van der Waals surface area (Å²) >= 11 is 6.41. The lowest BCUT2D eigenvalue weighted by molar-refractivity contribution is -0.0424. The van der Waals surface area contributed by atoms with Crippen LogP contribution >= 0.6 is 11.6 Å². The maximum Gasteiger partial charge on any atom is 0.290 e. The molecule has 2 saturated heterocycles. The van der Waals surface area contributed by atoms with Gasteiger partial charge in [0.05, 0.1) is 11.9 Å². The highest BCUT2D eigenvalue weighted by Crippen LogP contribution is 2.29. The average molecular weight is 422 g/mol. The molecule has 0 saturated carbocycles. The molecule has 4 rings (SSSR count). The zero-order valence-corrected chi connectivity index (χ0v) is 17.2. The Hall–Kier alpha value is -2.12. The summed E-state index contributed by atoms with van der Waals surface area (Å²) in [5.74, 6) is 0.279. The van der Waals surface area contributed by atoms with Crippen LogP contribution < -0.4 is 15.2 Å². The van der Waals surface area contributed by atoms with E-state index in [1.165, 1.54) is 16.8 Å². The Bertz CT molecular complexity index is 922. The Morgan fingerprint density at radius 1 is 1.24 bits per heavy atom. The molecule has 0 radical (unpaired) electrons. The smallest absolute Gasteiger partial charge is 0.290 e. The van der Waals surface area contributed by atoms with Gasteiger partial charge in [0.2, 0.25) is 0 Å². The number of halogens is 2. The summed E-state index contributed by atoms with van der Waals surface area (Å²) in [5, 5.41) is 4.50. The number of aryl methyl sites for hydroxylation is 1. The molecule has 0 N–H and O–H groups in total. The summed E-state index contributed by atoms with van der Waals surface area (Å²) in [6.45, 7) is 3.91. The van der Waals surface area contributed by atoms with Crippen LogP contribution in [0.5, 0.6) is 5.75 Å². The third-order valence-electron chi connectivity index (χ3n) is 5.58. The van der Waals surface area contributed by atoms with Gasteiger partial charge in [-0.15, -0.1) is 0 Å². The molecule has 2 aliphatic heterocycles. The fourth-order valence-corrected chi connectivity index (χ4v) is 4.13. The molecule has 1 aromatic carbocycles. The van der Waals surface area contributed by atoms with Crippen LogP contribution in [0, 0.1) is 12.7 Å². The summed E-state index contributed by atoms with van der Waals surface area (Å²) in [6, 6.07) is 4.58. The van der Waals surface area contributed by atoms with E-state index in [9.17, 15) is 9.18 Å². The van der Waals surface area contributed by atoms with E-state index < -0.39 is 0 Å². The van der Waals surface area contributed by atoms with E-state index in [0.29, 0.717) is 31.1 Å². The van der Waals surface area contributed by atoms with Gasteiger partial charge in [-0.2, -0.15) is 9.78 Å². The Labute approximate surface area is 174 Å². The molecule has 0 bridgehead atoms. The van der Waals surface area contributed by atoms with E-state index in [1.807, 2.05) is 6.92 Å². The lowest BCUT2D eigenvalue weighted by Gasteiger charge is -2.34. The van der Waals surface area contributed by atoms with Gasteiger partial charge < -0.3 is 14.4 Å². The number of aromatic nitrogens is 2. The number of rotatable bonds is 4. The van der Waals surface area contributed by atoms with Gasteiger partial charge in [-0.1, -0.05) is 17.7 Å². The van der Waals surface area contributed by atoms with Gasteiger partial charge in [-0.3, -0.25) is 4.79 Å². The SMILES string of the molecule is Cc1ccc(F)cc1OC1CCN(c2cnn(C3CCCCO3)c(=O)c2Cl)CC1. The first-order valence-electron chi connectivity index (χ1n) is 10.1. The largest absolute Gasteiger partial charge is 0.490 e. The maximum atomic E-state index is 13.5. The molecule has 1 aromatic heterocycles. The monoisotopic (exact) mass is 421 g/mol. The van der Waals surface area contributed by atoms with E-state index in [0.717, 1.165) is 37.7 Å². The van der Waals surface area contributed by atoms with Crippen LogP contribution in [0.1, 0.15) is 43.9 Å². The molecule has 2 fully saturated rings. The molecule has 29 heavy (non-hydrogen) atoms. The number of piperidine rings is 1. The summed E-state index contributed by atoms with van der Waals surface area (Å²) < 4.78 is 26.5. The second-order valence-electron chi connectivity index (χ2n) is 7.63. The molecule has 3 heterocycles. The molecule has 0 spiro atoms. The van der Waals surface area contributed by atoms with Gasteiger partial charge in [-0.25, -0.2) is 4.39 Å². The van der Waals surface area contributed by atoms with Crippen molar-refractivity contribution in [1.29, 1.82) is 0 Å². The van der Waals surface area contributed by atoms with Crippen LogP contribution in [0.25, 0.3) is 0 Å². The number of nitrogens with zero attached hydrogens (tertiary/aromatic N) is 3. The normalized spacial score (nSPS) is 20.7. The van der Waals surface area contributed by atoms with Crippen molar-refractivity contribution in [3.05, 3.63) is 51.2 Å². The molecule has 0 amide bonds.